The monoisotopic (exact) mass is 483 g/mol. The van der Waals surface area contributed by atoms with E-state index in [1.54, 1.807) is 6.07 Å². The summed E-state index contributed by atoms with van der Waals surface area (Å²) in [7, 11) is 0. The highest BCUT2D eigenvalue weighted by atomic mass is 16.3. The molecule has 3 aromatic carbocycles. The van der Waals surface area contributed by atoms with Crippen LogP contribution in [-0.4, -0.2) is 16.9 Å². The molecule has 1 heterocycles. The van der Waals surface area contributed by atoms with Gasteiger partial charge in [0.1, 0.15) is 5.75 Å². The molecule has 4 rings (SSSR count). The maximum absolute atomic E-state index is 13.0. The van der Waals surface area contributed by atoms with E-state index in [1.807, 2.05) is 58.0 Å². The maximum atomic E-state index is 13.0. The molecule has 1 aliphatic heterocycles. The molecule has 0 aliphatic carbocycles. The zero-order valence-corrected chi connectivity index (χ0v) is 21.6. The fourth-order valence-corrected chi connectivity index (χ4v) is 4.40. The number of hydrogen-bond donors (Lipinski definition) is 4. The Morgan fingerprint density at radius 3 is 2.39 bits per heavy atom. The highest BCUT2D eigenvalue weighted by Gasteiger charge is 2.27. The van der Waals surface area contributed by atoms with Crippen molar-refractivity contribution in [2.24, 2.45) is 0 Å². The second kappa shape index (κ2) is 9.90. The van der Waals surface area contributed by atoms with E-state index in [0.29, 0.717) is 5.57 Å². The topological polar surface area (TPSA) is 90.5 Å². The van der Waals surface area contributed by atoms with Crippen LogP contribution in [0.5, 0.6) is 5.75 Å². The normalized spacial score (nSPS) is 13.8. The molecular weight excluding hydrogens is 450 g/mol. The van der Waals surface area contributed by atoms with Gasteiger partial charge < -0.3 is 15.8 Å². The van der Waals surface area contributed by atoms with E-state index in [-0.39, 0.29) is 29.1 Å². The predicted molar refractivity (Wildman–Crippen MR) is 145 cm³/mol. The van der Waals surface area contributed by atoms with Gasteiger partial charge in [-0.2, -0.15) is 0 Å². The number of amides is 2. The number of fused-ring (bicyclic) bond motifs is 1. The number of aromatic hydroxyl groups is 1. The summed E-state index contributed by atoms with van der Waals surface area (Å²) in [5.41, 5.74) is 13.5. The van der Waals surface area contributed by atoms with Gasteiger partial charge >= 0.3 is 0 Å². The summed E-state index contributed by atoms with van der Waals surface area (Å²) in [6.45, 7) is 12.2. The number of carbonyl (C=O) groups excluding carboxylic acids is 2. The van der Waals surface area contributed by atoms with E-state index < -0.39 is 5.91 Å². The van der Waals surface area contributed by atoms with Gasteiger partial charge in [-0.25, -0.2) is 0 Å². The summed E-state index contributed by atoms with van der Waals surface area (Å²) in [5, 5.41) is 13.7. The van der Waals surface area contributed by atoms with Crippen molar-refractivity contribution in [3.8, 4) is 16.9 Å². The Balaban J connectivity index is 1.63. The van der Waals surface area contributed by atoms with Crippen molar-refractivity contribution >= 4 is 23.1 Å². The molecule has 0 fully saturated rings. The zero-order chi connectivity index (χ0) is 26.1. The second-order valence-corrected chi connectivity index (χ2v) is 9.95. The van der Waals surface area contributed by atoms with E-state index >= 15 is 0 Å². The van der Waals surface area contributed by atoms with Gasteiger partial charge in [0.25, 0.3) is 11.8 Å². The molecule has 2 amide bonds. The third kappa shape index (κ3) is 4.71. The number of hydrogen-bond acceptors (Lipinski definition) is 4. The molecule has 0 bridgehead atoms. The lowest BCUT2D eigenvalue weighted by Gasteiger charge is -2.17. The van der Waals surface area contributed by atoms with E-state index in [1.165, 1.54) is 17.3 Å². The Hall–Kier alpha value is -4.06. The van der Waals surface area contributed by atoms with Crippen molar-refractivity contribution < 1.29 is 14.7 Å². The third-order valence-electron chi connectivity index (χ3n) is 6.74. The minimum Gasteiger partial charge on any atom is -0.507 e. The third-order valence-corrected chi connectivity index (χ3v) is 6.74. The Morgan fingerprint density at radius 2 is 1.72 bits per heavy atom. The van der Waals surface area contributed by atoms with Gasteiger partial charge in [-0.3, -0.25) is 15.0 Å². The van der Waals surface area contributed by atoms with Crippen LogP contribution in [0.4, 0.5) is 5.69 Å². The SMILES string of the molecule is Cc1ccc(-c2cccc3c2C(=CNNC(=O)c2cc(C(C)C)cc(C(C)C)c2O)C(=O)N3)cc1C. The fraction of sp³-hybridized carbons (Fsp3) is 0.267. The number of hydrazine groups is 1. The van der Waals surface area contributed by atoms with Crippen LogP contribution >= 0.6 is 0 Å². The molecule has 3 aromatic rings. The molecule has 4 N–H and O–H groups in total. The molecule has 0 unspecified atom stereocenters. The standard InChI is InChI=1S/C30H33N3O3/c1-16(2)21-13-23(17(3)4)28(34)24(14-21)30(36)33-31-15-25-27-22(8-7-9-26(27)32-29(25)35)20-11-10-18(5)19(6)12-20/h7-17,31,34H,1-6H3,(H,32,35)(H,33,36). The predicted octanol–water partition coefficient (Wildman–Crippen LogP) is 6.15. The first-order valence-electron chi connectivity index (χ1n) is 12.2. The lowest BCUT2D eigenvalue weighted by atomic mass is 9.92. The van der Waals surface area contributed by atoms with Crippen LogP contribution in [0.2, 0.25) is 0 Å². The quantitative estimate of drug-likeness (QED) is 0.250. The van der Waals surface area contributed by atoms with Crippen molar-refractivity contribution in [1.29, 1.82) is 0 Å². The summed E-state index contributed by atoms with van der Waals surface area (Å²) in [4.78, 5) is 25.8. The van der Waals surface area contributed by atoms with Crippen LogP contribution in [0.15, 0.2) is 54.7 Å². The van der Waals surface area contributed by atoms with E-state index in [9.17, 15) is 14.7 Å². The number of anilines is 1. The van der Waals surface area contributed by atoms with Crippen LogP contribution in [0.3, 0.4) is 0 Å². The van der Waals surface area contributed by atoms with Crippen LogP contribution in [0.25, 0.3) is 16.7 Å². The molecule has 0 atom stereocenters. The van der Waals surface area contributed by atoms with Crippen molar-refractivity contribution in [2.75, 3.05) is 5.32 Å². The number of phenolic OH excluding ortho intramolecular Hbond substituents is 1. The second-order valence-electron chi connectivity index (χ2n) is 9.95. The van der Waals surface area contributed by atoms with Gasteiger partial charge in [0.15, 0.2) is 0 Å². The molecular formula is C30H33N3O3. The summed E-state index contributed by atoms with van der Waals surface area (Å²) in [6, 6.07) is 15.6. The Labute approximate surface area is 212 Å². The van der Waals surface area contributed by atoms with Crippen molar-refractivity contribution in [3.05, 3.63) is 88.1 Å². The van der Waals surface area contributed by atoms with Crippen LogP contribution in [0, 0.1) is 13.8 Å². The molecule has 6 heteroatoms. The van der Waals surface area contributed by atoms with Crippen molar-refractivity contribution in [1.82, 2.24) is 10.9 Å². The minimum atomic E-state index is -0.477. The highest BCUT2D eigenvalue weighted by Crippen LogP contribution is 2.39. The average molecular weight is 484 g/mol. The molecule has 0 spiro atoms. The lowest BCUT2D eigenvalue weighted by Crippen LogP contribution is -2.34. The number of carbonyl (C=O) groups is 2. The molecule has 6 nitrogen and oxygen atoms in total. The fourth-order valence-electron chi connectivity index (χ4n) is 4.40. The van der Waals surface area contributed by atoms with Crippen LogP contribution in [-0.2, 0) is 4.79 Å². The molecule has 36 heavy (non-hydrogen) atoms. The molecule has 0 saturated heterocycles. The summed E-state index contributed by atoms with van der Waals surface area (Å²) >= 11 is 0. The van der Waals surface area contributed by atoms with E-state index in [0.717, 1.165) is 33.5 Å². The first-order chi connectivity index (χ1) is 17.1. The first-order valence-corrected chi connectivity index (χ1v) is 12.2. The van der Waals surface area contributed by atoms with Crippen LogP contribution < -0.4 is 16.2 Å². The molecule has 186 valence electrons. The summed E-state index contributed by atoms with van der Waals surface area (Å²) < 4.78 is 0. The van der Waals surface area contributed by atoms with Crippen molar-refractivity contribution in [3.63, 3.8) is 0 Å². The molecule has 0 radical (unpaired) electrons. The molecule has 0 saturated carbocycles. The number of benzene rings is 3. The average Bonchev–Trinajstić information content (AvgIpc) is 3.15. The number of rotatable bonds is 6. The number of phenols is 1. The highest BCUT2D eigenvalue weighted by molar-refractivity contribution is 6.33. The molecule has 0 aromatic heterocycles. The van der Waals surface area contributed by atoms with Crippen LogP contribution in [0.1, 0.15) is 77.7 Å². The van der Waals surface area contributed by atoms with Gasteiger partial charge in [-0.15, -0.1) is 0 Å². The van der Waals surface area contributed by atoms with Gasteiger partial charge in [0, 0.05) is 17.5 Å². The Bertz CT molecular complexity index is 1390. The minimum absolute atomic E-state index is 0.0256. The zero-order valence-electron chi connectivity index (χ0n) is 21.6. The first kappa shape index (κ1) is 25.0. The number of nitrogens with one attached hydrogen (secondary N) is 3. The van der Waals surface area contributed by atoms with E-state index in [2.05, 4.69) is 42.1 Å². The summed E-state index contributed by atoms with van der Waals surface area (Å²) in [6.07, 6.45) is 1.50. The number of aryl methyl sites for hydroxylation is 2. The van der Waals surface area contributed by atoms with Gasteiger partial charge in [-0.1, -0.05) is 64.1 Å². The lowest BCUT2D eigenvalue weighted by molar-refractivity contribution is -0.110. The van der Waals surface area contributed by atoms with Gasteiger partial charge in [0.2, 0.25) is 0 Å². The van der Waals surface area contributed by atoms with Crippen molar-refractivity contribution in [2.45, 2.75) is 53.4 Å². The largest absolute Gasteiger partial charge is 0.507 e. The van der Waals surface area contributed by atoms with Gasteiger partial charge in [-0.05, 0) is 71.2 Å². The summed E-state index contributed by atoms with van der Waals surface area (Å²) in [5.74, 6) is -0.493. The maximum Gasteiger partial charge on any atom is 0.273 e. The smallest absolute Gasteiger partial charge is 0.273 e. The van der Waals surface area contributed by atoms with E-state index in [4.69, 9.17) is 0 Å². The molecule has 1 aliphatic rings. The Morgan fingerprint density at radius 1 is 0.972 bits per heavy atom. The van der Waals surface area contributed by atoms with Gasteiger partial charge in [0.05, 0.1) is 11.1 Å². The Kier molecular flexibility index (Phi) is 6.88.